The molecule has 0 spiro atoms. The summed E-state index contributed by atoms with van der Waals surface area (Å²) in [6.07, 6.45) is -4.13. The van der Waals surface area contributed by atoms with Gasteiger partial charge in [0.15, 0.2) is 5.78 Å². The second kappa shape index (κ2) is 8.93. The molecule has 0 aliphatic heterocycles. The number of hydrogen-bond donors (Lipinski definition) is 1. The minimum atomic E-state index is -4.25. The molecular weight excluding hydrogens is 405 g/mol. The van der Waals surface area contributed by atoms with Crippen LogP contribution in [0.1, 0.15) is 53.5 Å². The van der Waals surface area contributed by atoms with E-state index in [2.05, 4.69) is 5.32 Å². The second-order valence-electron chi connectivity index (χ2n) is 7.68. The Kier molecular flexibility index (Phi) is 7.00. The van der Waals surface area contributed by atoms with E-state index in [1.165, 1.54) is 26.0 Å². The highest BCUT2D eigenvalue weighted by molar-refractivity contribution is 6.06. The molecule has 0 unspecified atom stereocenters. The number of ketones is 1. The number of alkyl halides is 3. The molecule has 0 aliphatic rings. The number of aryl methyl sites for hydroxylation is 1. The van der Waals surface area contributed by atoms with Gasteiger partial charge in [-0.3, -0.25) is 9.59 Å². The van der Waals surface area contributed by atoms with E-state index >= 15 is 0 Å². The van der Waals surface area contributed by atoms with Crippen LogP contribution in [0.3, 0.4) is 0 Å². The quantitative estimate of drug-likeness (QED) is 0.469. The monoisotopic (exact) mass is 427 g/mol. The Morgan fingerprint density at radius 3 is 2.00 bits per heavy atom. The molecule has 0 bridgehead atoms. The fourth-order valence-corrected chi connectivity index (χ4v) is 2.85. The van der Waals surface area contributed by atoms with Crippen molar-refractivity contribution in [1.29, 1.82) is 0 Å². The Bertz CT molecular complexity index is 900. The van der Waals surface area contributed by atoms with Gasteiger partial charge in [-0.05, 0) is 44.4 Å². The summed E-state index contributed by atoms with van der Waals surface area (Å²) in [4.78, 5) is 25.0. The van der Waals surface area contributed by atoms with Gasteiger partial charge in [-0.1, -0.05) is 37.3 Å². The van der Waals surface area contributed by atoms with Gasteiger partial charge in [0, 0.05) is 5.56 Å². The highest BCUT2D eigenvalue weighted by Crippen LogP contribution is 2.29. The molecule has 0 heterocycles. The predicted molar refractivity (Wildman–Crippen MR) is 102 cm³/mol. The molecule has 1 amide bonds. The van der Waals surface area contributed by atoms with Crippen LogP contribution in [-0.4, -0.2) is 23.4 Å². The van der Waals surface area contributed by atoms with Crippen LogP contribution in [-0.2, 0) is 6.42 Å². The molecular formula is C22H22F5NO2. The van der Waals surface area contributed by atoms with Crippen molar-refractivity contribution in [1.82, 2.24) is 5.32 Å². The summed E-state index contributed by atoms with van der Waals surface area (Å²) in [7, 11) is 0. The summed E-state index contributed by atoms with van der Waals surface area (Å²) in [6, 6.07) is 8.99. The van der Waals surface area contributed by atoms with Crippen LogP contribution in [0.2, 0.25) is 0 Å². The highest BCUT2D eigenvalue weighted by atomic mass is 19.4. The summed E-state index contributed by atoms with van der Waals surface area (Å²) in [6.45, 7) is 3.90. The summed E-state index contributed by atoms with van der Waals surface area (Å²) in [5, 5.41) is 2.33. The zero-order valence-corrected chi connectivity index (χ0v) is 16.7. The molecule has 162 valence electrons. The van der Waals surface area contributed by atoms with Gasteiger partial charge < -0.3 is 5.32 Å². The van der Waals surface area contributed by atoms with Crippen LogP contribution < -0.4 is 5.32 Å². The van der Waals surface area contributed by atoms with E-state index in [1.807, 2.05) is 0 Å². The minimum Gasteiger partial charge on any atom is -0.340 e. The zero-order chi connectivity index (χ0) is 22.7. The third kappa shape index (κ3) is 5.64. The van der Waals surface area contributed by atoms with Crippen molar-refractivity contribution >= 4 is 11.7 Å². The molecule has 0 aromatic heterocycles. The van der Waals surface area contributed by atoms with E-state index in [4.69, 9.17) is 0 Å². The zero-order valence-electron chi connectivity index (χ0n) is 16.7. The maximum Gasteiger partial charge on any atom is 0.391 e. The van der Waals surface area contributed by atoms with Crippen LogP contribution in [0.25, 0.3) is 0 Å². The topological polar surface area (TPSA) is 46.2 Å². The normalized spacial score (nSPS) is 13.1. The summed E-state index contributed by atoms with van der Waals surface area (Å²) < 4.78 is 65.4. The van der Waals surface area contributed by atoms with E-state index in [-0.39, 0.29) is 18.4 Å². The van der Waals surface area contributed by atoms with E-state index < -0.39 is 46.5 Å². The Hall–Kier alpha value is -2.77. The second-order valence-corrected chi connectivity index (χ2v) is 7.68. The lowest BCUT2D eigenvalue weighted by Crippen LogP contribution is -2.50. The number of rotatable bonds is 7. The van der Waals surface area contributed by atoms with Gasteiger partial charge in [-0.2, -0.15) is 13.2 Å². The molecule has 0 saturated heterocycles. The first-order chi connectivity index (χ1) is 13.8. The van der Waals surface area contributed by atoms with E-state index in [9.17, 15) is 31.5 Å². The largest absolute Gasteiger partial charge is 0.391 e. The first kappa shape index (κ1) is 23.5. The van der Waals surface area contributed by atoms with Crippen molar-refractivity contribution < 1.29 is 31.5 Å². The SMILES string of the molecule is C[C@H](CCc1ccc(C(=O)C(C)(C)NC(=O)c2c(F)cccc2F)cc1)C(F)(F)F. The fourth-order valence-electron chi connectivity index (χ4n) is 2.85. The molecule has 2 aromatic carbocycles. The first-order valence-corrected chi connectivity index (χ1v) is 9.30. The average molecular weight is 427 g/mol. The molecule has 2 rings (SSSR count). The third-order valence-electron chi connectivity index (χ3n) is 4.82. The molecule has 0 fully saturated rings. The van der Waals surface area contributed by atoms with Crippen molar-refractivity contribution in [3.8, 4) is 0 Å². The number of nitrogens with one attached hydrogen (secondary N) is 1. The standard InChI is InChI=1S/C22H22F5NO2/c1-13(22(25,26)27)7-8-14-9-11-15(12-10-14)19(29)21(2,3)28-20(30)18-16(23)5-4-6-17(18)24/h4-6,9-13H,7-8H2,1-3H3,(H,28,30)/t13-/m1/s1. The van der Waals surface area contributed by atoms with Gasteiger partial charge in [0.2, 0.25) is 0 Å². The van der Waals surface area contributed by atoms with Crippen LogP contribution in [0.15, 0.2) is 42.5 Å². The lowest BCUT2D eigenvalue weighted by Gasteiger charge is -2.25. The third-order valence-corrected chi connectivity index (χ3v) is 4.82. The van der Waals surface area contributed by atoms with Crippen LogP contribution in [0, 0.1) is 17.6 Å². The number of halogens is 5. The van der Waals surface area contributed by atoms with Crippen LogP contribution in [0.4, 0.5) is 22.0 Å². The van der Waals surface area contributed by atoms with Gasteiger partial charge in [0.25, 0.3) is 5.91 Å². The molecule has 0 aliphatic carbocycles. The lowest BCUT2D eigenvalue weighted by molar-refractivity contribution is -0.170. The van der Waals surface area contributed by atoms with Gasteiger partial charge in [0.05, 0.1) is 11.5 Å². The minimum absolute atomic E-state index is 0.0768. The molecule has 0 saturated carbocycles. The molecule has 2 aromatic rings. The Morgan fingerprint density at radius 2 is 1.50 bits per heavy atom. The highest BCUT2D eigenvalue weighted by Gasteiger charge is 2.35. The lowest BCUT2D eigenvalue weighted by atomic mass is 9.91. The Morgan fingerprint density at radius 1 is 0.967 bits per heavy atom. The number of amides is 1. The van der Waals surface area contributed by atoms with E-state index in [0.29, 0.717) is 5.56 Å². The Labute approximate surface area is 171 Å². The number of benzene rings is 2. The van der Waals surface area contributed by atoms with Crippen molar-refractivity contribution in [2.75, 3.05) is 0 Å². The summed E-state index contributed by atoms with van der Waals surface area (Å²) in [5.74, 6) is -5.11. The Balaban J connectivity index is 2.08. The van der Waals surface area contributed by atoms with Crippen molar-refractivity contribution in [2.24, 2.45) is 5.92 Å². The van der Waals surface area contributed by atoms with Crippen molar-refractivity contribution in [3.63, 3.8) is 0 Å². The molecule has 30 heavy (non-hydrogen) atoms. The number of Topliss-reactive ketones (excluding diaryl/α,β-unsaturated/α-hetero) is 1. The predicted octanol–water partition coefficient (Wildman–Crippen LogP) is 5.49. The molecule has 1 N–H and O–H groups in total. The maximum absolute atomic E-state index is 13.8. The van der Waals surface area contributed by atoms with Crippen LogP contribution >= 0.6 is 0 Å². The smallest absolute Gasteiger partial charge is 0.340 e. The first-order valence-electron chi connectivity index (χ1n) is 9.30. The molecule has 8 heteroatoms. The van der Waals surface area contributed by atoms with Crippen molar-refractivity contribution in [3.05, 3.63) is 70.8 Å². The van der Waals surface area contributed by atoms with Crippen LogP contribution in [0.5, 0.6) is 0 Å². The van der Waals surface area contributed by atoms with Gasteiger partial charge in [0.1, 0.15) is 17.2 Å². The van der Waals surface area contributed by atoms with Gasteiger partial charge in [-0.25, -0.2) is 8.78 Å². The van der Waals surface area contributed by atoms with Crippen molar-refractivity contribution in [2.45, 2.75) is 45.3 Å². The fraction of sp³-hybridized carbons (Fsp3) is 0.364. The van der Waals surface area contributed by atoms with Gasteiger partial charge >= 0.3 is 6.18 Å². The summed E-state index contributed by atoms with van der Waals surface area (Å²) >= 11 is 0. The molecule has 3 nitrogen and oxygen atoms in total. The average Bonchev–Trinajstić information content (AvgIpc) is 2.64. The molecule has 1 atom stereocenters. The van der Waals surface area contributed by atoms with E-state index in [0.717, 1.165) is 25.1 Å². The maximum atomic E-state index is 13.8. The number of carbonyl (C=O) groups excluding carboxylic acids is 2. The van der Waals surface area contributed by atoms with Gasteiger partial charge in [-0.15, -0.1) is 0 Å². The molecule has 0 radical (unpaired) electrons. The number of carbonyl (C=O) groups is 2. The number of hydrogen-bond acceptors (Lipinski definition) is 2. The summed E-state index contributed by atoms with van der Waals surface area (Å²) in [5.41, 5.74) is -1.41. The van der Waals surface area contributed by atoms with E-state index in [1.54, 1.807) is 12.1 Å².